The van der Waals surface area contributed by atoms with E-state index >= 15 is 0 Å². The molecule has 0 spiro atoms. The molecule has 19 heavy (non-hydrogen) atoms. The van der Waals surface area contributed by atoms with Crippen LogP contribution in [0.1, 0.15) is 25.5 Å². The van der Waals surface area contributed by atoms with Crippen LogP contribution in [-0.2, 0) is 18.3 Å². The first-order valence-electron chi connectivity index (χ1n) is 6.17. The van der Waals surface area contributed by atoms with Crippen LogP contribution in [0.3, 0.4) is 0 Å². The highest BCUT2D eigenvalue weighted by atomic mass is 35.5. The fraction of sp³-hybridized carbons (Fsp3) is 0.538. The van der Waals surface area contributed by atoms with Crippen LogP contribution in [0, 0.1) is 0 Å². The number of methoxy groups -OCH3 is 1. The predicted molar refractivity (Wildman–Crippen MR) is 74.8 cm³/mol. The van der Waals surface area contributed by atoms with Crippen LogP contribution in [0.25, 0.3) is 0 Å². The Morgan fingerprint density at radius 1 is 1.47 bits per heavy atom. The van der Waals surface area contributed by atoms with Gasteiger partial charge in [-0.1, -0.05) is 37.6 Å². The van der Waals surface area contributed by atoms with Gasteiger partial charge in [-0.15, -0.1) is 0 Å². The molecule has 1 aromatic rings. The molecule has 4 nitrogen and oxygen atoms in total. The number of hydrogen-bond donors (Lipinski definition) is 0. The topological polar surface area (TPSA) is 44.8 Å². The zero-order valence-electron chi connectivity index (χ0n) is 11.2. The van der Waals surface area contributed by atoms with Gasteiger partial charge in [0.15, 0.2) is 0 Å². The quantitative estimate of drug-likeness (QED) is 0.790. The summed E-state index contributed by atoms with van der Waals surface area (Å²) in [5.74, 6) is 0. The van der Waals surface area contributed by atoms with Gasteiger partial charge in [0.05, 0.1) is 12.3 Å². The summed E-state index contributed by atoms with van der Waals surface area (Å²) in [5.41, 5.74) is 0.663. The van der Waals surface area contributed by atoms with E-state index in [9.17, 15) is 4.57 Å². The summed E-state index contributed by atoms with van der Waals surface area (Å²) in [4.78, 5) is 0. The summed E-state index contributed by atoms with van der Waals surface area (Å²) < 4.78 is 29.0. The fourth-order valence-corrected chi connectivity index (χ4v) is 3.67. The maximum Gasteiger partial charge on any atom is 0.333 e. The molecule has 1 heterocycles. The lowest BCUT2D eigenvalue weighted by Crippen LogP contribution is -2.33. The SMILES string of the molecule is COC1COP(=O)(C(C)C)OC1c1cccc(Cl)c1. The van der Waals surface area contributed by atoms with Crippen molar-refractivity contribution >= 4 is 19.2 Å². The summed E-state index contributed by atoms with van der Waals surface area (Å²) in [6.07, 6.45) is -0.718. The standard InChI is InChI=1S/C13H18ClO4P/c1-9(2)19(15)17-8-12(16-3)13(18-19)10-5-4-6-11(14)7-10/h4-7,9,12-13H,8H2,1-3H3. The van der Waals surface area contributed by atoms with E-state index in [2.05, 4.69) is 0 Å². The Hall–Kier alpha value is -0.380. The monoisotopic (exact) mass is 304 g/mol. The molecule has 1 fully saturated rings. The largest absolute Gasteiger partial charge is 0.376 e. The highest BCUT2D eigenvalue weighted by Crippen LogP contribution is 2.59. The minimum atomic E-state index is -3.10. The molecule has 1 aliphatic heterocycles. The van der Waals surface area contributed by atoms with Crippen molar-refractivity contribution in [1.82, 2.24) is 0 Å². The molecular formula is C13H18ClO4P. The van der Waals surface area contributed by atoms with Crippen molar-refractivity contribution in [2.24, 2.45) is 0 Å². The Balaban J connectivity index is 2.31. The third kappa shape index (κ3) is 3.21. The third-order valence-electron chi connectivity index (χ3n) is 3.13. The highest BCUT2D eigenvalue weighted by Gasteiger charge is 2.42. The van der Waals surface area contributed by atoms with Gasteiger partial charge in [-0.2, -0.15) is 0 Å². The number of hydrogen-bond acceptors (Lipinski definition) is 4. The lowest BCUT2D eigenvalue weighted by molar-refractivity contribution is -0.0641. The molecule has 106 valence electrons. The molecule has 3 atom stereocenters. The number of benzene rings is 1. The molecule has 0 saturated carbocycles. The van der Waals surface area contributed by atoms with Crippen molar-refractivity contribution < 1.29 is 18.3 Å². The van der Waals surface area contributed by atoms with Crippen molar-refractivity contribution in [3.8, 4) is 0 Å². The van der Waals surface area contributed by atoms with Gasteiger partial charge in [0.2, 0.25) is 0 Å². The van der Waals surface area contributed by atoms with E-state index in [-0.39, 0.29) is 18.4 Å². The maximum atomic E-state index is 12.5. The van der Waals surface area contributed by atoms with E-state index < -0.39 is 13.7 Å². The molecule has 0 bridgehead atoms. The van der Waals surface area contributed by atoms with Gasteiger partial charge in [-0.3, -0.25) is 9.09 Å². The molecule has 0 N–H and O–H groups in total. The minimum Gasteiger partial charge on any atom is -0.376 e. The number of rotatable bonds is 3. The van der Waals surface area contributed by atoms with Gasteiger partial charge >= 0.3 is 7.60 Å². The van der Waals surface area contributed by atoms with Crippen molar-refractivity contribution in [3.63, 3.8) is 0 Å². The summed E-state index contributed by atoms with van der Waals surface area (Å²) in [6.45, 7) is 3.90. The average Bonchev–Trinajstić information content (AvgIpc) is 2.38. The second-order valence-electron chi connectivity index (χ2n) is 4.78. The first-order chi connectivity index (χ1) is 8.96. The average molecular weight is 305 g/mol. The Labute approximate surface area is 118 Å². The summed E-state index contributed by atoms with van der Waals surface area (Å²) in [5, 5.41) is 0.613. The smallest absolute Gasteiger partial charge is 0.333 e. The molecule has 3 unspecified atom stereocenters. The minimum absolute atomic E-state index is 0.188. The van der Waals surface area contributed by atoms with Crippen molar-refractivity contribution in [2.45, 2.75) is 31.7 Å². The van der Waals surface area contributed by atoms with Crippen LogP contribution in [0.2, 0.25) is 5.02 Å². The fourth-order valence-electron chi connectivity index (χ4n) is 1.94. The van der Waals surface area contributed by atoms with Crippen molar-refractivity contribution in [1.29, 1.82) is 0 Å². The van der Waals surface area contributed by atoms with Crippen LogP contribution in [0.15, 0.2) is 24.3 Å². The number of ether oxygens (including phenoxy) is 1. The summed E-state index contributed by atoms with van der Waals surface area (Å²) in [6, 6.07) is 7.31. The first-order valence-corrected chi connectivity index (χ1v) is 8.16. The molecule has 6 heteroatoms. The van der Waals surface area contributed by atoms with Gasteiger partial charge < -0.3 is 9.26 Å². The highest BCUT2D eigenvalue weighted by molar-refractivity contribution is 7.54. The van der Waals surface area contributed by atoms with Gasteiger partial charge in [0.1, 0.15) is 12.2 Å². The zero-order valence-corrected chi connectivity index (χ0v) is 12.9. The van der Waals surface area contributed by atoms with E-state index in [1.165, 1.54) is 0 Å². The molecular weight excluding hydrogens is 287 g/mol. The van der Waals surface area contributed by atoms with E-state index in [4.69, 9.17) is 25.4 Å². The molecule has 1 aliphatic rings. The normalized spacial score (nSPS) is 31.6. The molecule has 1 saturated heterocycles. The van der Waals surface area contributed by atoms with E-state index in [0.29, 0.717) is 5.02 Å². The second kappa shape index (κ2) is 5.94. The van der Waals surface area contributed by atoms with Crippen LogP contribution in [0.4, 0.5) is 0 Å². The summed E-state index contributed by atoms with van der Waals surface area (Å²) in [7, 11) is -1.51. The van der Waals surface area contributed by atoms with E-state index in [0.717, 1.165) is 5.56 Å². The first kappa shape index (κ1) is 15.0. The molecule has 0 amide bonds. The summed E-state index contributed by atoms with van der Waals surface area (Å²) >= 11 is 5.99. The van der Waals surface area contributed by atoms with Gasteiger partial charge in [-0.05, 0) is 17.7 Å². The van der Waals surface area contributed by atoms with Gasteiger partial charge in [-0.25, -0.2) is 0 Å². The van der Waals surface area contributed by atoms with E-state index in [1.807, 2.05) is 26.0 Å². The molecule has 2 rings (SSSR count). The second-order valence-corrected chi connectivity index (χ2v) is 7.80. The molecule has 0 radical (unpaired) electrons. The lowest BCUT2D eigenvalue weighted by atomic mass is 10.1. The van der Waals surface area contributed by atoms with Crippen LogP contribution >= 0.6 is 19.2 Å². The Morgan fingerprint density at radius 3 is 2.79 bits per heavy atom. The Morgan fingerprint density at radius 2 is 2.21 bits per heavy atom. The molecule has 0 aliphatic carbocycles. The van der Waals surface area contributed by atoms with Gasteiger partial charge in [0, 0.05) is 12.1 Å². The van der Waals surface area contributed by atoms with Crippen molar-refractivity contribution in [3.05, 3.63) is 34.9 Å². The number of halogens is 1. The van der Waals surface area contributed by atoms with Gasteiger partial charge in [0.25, 0.3) is 0 Å². The predicted octanol–water partition coefficient (Wildman–Crippen LogP) is 4.04. The van der Waals surface area contributed by atoms with Crippen molar-refractivity contribution in [2.75, 3.05) is 13.7 Å². The van der Waals surface area contributed by atoms with Crippen LogP contribution < -0.4 is 0 Å². The molecule has 1 aromatic carbocycles. The maximum absolute atomic E-state index is 12.5. The van der Waals surface area contributed by atoms with E-state index in [1.54, 1.807) is 19.2 Å². The Bertz CT molecular complexity index is 491. The third-order valence-corrected chi connectivity index (χ3v) is 5.66. The Kier molecular flexibility index (Phi) is 4.70. The van der Waals surface area contributed by atoms with Crippen LogP contribution in [0.5, 0.6) is 0 Å². The van der Waals surface area contributed by atoms with Crippen LogP contribution in [-0.4, -0.2) is 25.5 Å². The zero-order chi connectivity index (χ0) is 14.0. The molecule has 0 aromatic heterocycles. The lowest BCUT2D eigenvalue weighted by Gasteiger charge is -2.37.